The zero-order valence-electron chi connectivity index (χ0n) is 24.4. The Hall–Kier alpha value is -2.93. The normalized spacial score (nSPS) is 21.2. The first-order valence-corrected chi connectivity index (χ1v) is 15.6. The van der Waals surface area contributed by atoms with Gasteiger partial charge >= 0.3 is 6.01 Å². The summed E-state index contributed by atoms with van der Waals surface area (Å²) >= 11 is 7.14. The predicted molar refractivity (Wildman–Crippen MR) is 169 cm³/mol. The molecule has 3 fully saturated rings. The van der Waals surface area contributed by atoms with E-state index in [0.717, 1.165) is 71.0 Å². The molecule has 3 heterocycles. The highest BCUT2D eigenvalue weighted by atomic mass is 35.5. The Balaban J connectivity index is 1.32. The van der Waals surface area contributed by atoms with Crippen molar-refractivity contribution in [1.29, 1.82) is 0 Å². The molecule has 1 saturated carbocycles. The van der Waals surface area contributed by atoms with Crippen molar-refractivity contribution in [3.63, 3.8) is 0 Å². The molecule has 41 heavy (non-hydrogen) atoms. The number of nitrogens with zero attached hydrogens (tertiary/aromatic N) is 4. The van der Waals surface area contributed by atoms with Crippen LogP contribution in [0.4, 0.5) is 5.82 Å². The average Bonchev–Trinajstić information content (AvgIpc) is 3.65. The van der Waals surface area contributed by atoms with Gasteiger partial charge in [0, 0.05) is 53.1 Å². The van der Waals surface area contributed by atoms with E-state index in [2.05, 4.69) is 84.5 Å². The van der Waals surface area contributed by atoms with Crippen LogP contribution in [-0.4, -0.2) is 66.8 Å². The number of benzene rings is 3. The lowest BCUT2D eigenvalue weighted by Gasteiger charge is -2.34. The molecule has 0 radical (unpaired) electrons. The summed E-state index contributed by atoms with van der Waals surface area (Å²) in [6.07, 6.45) is 5.99. The van der Waals surface area contributed by atoms with E-state index in [1.807, 2.05) is 0 Å². The van der Waals surface area contributed by atoms with Crippen LogP contribution in [0.2, 0.25) is 5.02 Å². The second-order valence-electron chi connectivity index (χ2n) is 12.7. The molecule has 3 aliphatic rings. The summed E-state index contributed by atoms with van der Waals surface area (Å²) < 4.78 is 6.50. The predicted octanol–water partition coefficient (Wildman–Crippen LogP) is 6.85. The highest BCUT2D eigenvalue weighted by Crippen LogP contribution is 2.47. The van der Waals surface area contributed by atoms with Gasteiger partial charge in [0.25, 0.3) is 0 Å². The van der Waals surface area contributed by atoms with E-state index in [0.29, 0.717) is 24.7 Å². The van der Waals surface area contributed by atoms with Gasteiger partial charge in [-0.3, -0.25) is 0 Å². The third kappa shape index (κ3) is 5.15. The molecule has 2 bridgehead atoms. The number of fused-ring (bicyclic) bond motifs is 4. The lowest BCUT2D eigenvalue weighted by Crippen LogP contribution is -2.51. The number of aryl methyl sites for hydroxylation is 1. The van der Waals surface area contributed by atoms with E-state index in [9.17, 15) is 0 Å². The summed E-state index contributed by atoms with van der Waals surface area (Å²) in [7, 11) is 2.22. The van der Waals surface area contributed by atoms with Crippen molar-refractivity contribution >= 4 is 39.1 Å². The molecule has 2 unspecified atom stereocenters. The summed E-state index contributed by atoms with van der Waals surface area (Å²) in [5, 5.41) is 7.89. The van der Waals surface area contributed by atoms with Crippen molar-refractivity contribution in [2.45, 2.75) is 58.0 Å². The SMILES string of the molecule is CCCN(C)CC1(COc2nc(N3CC4CCC(C3)N4)c3cc(Cl)c(-c4cccc5ccccc45)c(C)c3n2)CC1. The van der Waals surface area contributed by atoms with Crippen molar-refractivity contribution in [2.75, 3.05) is 44.7 Å². The molecule has 0 spiro atoms. The Morgan fingerprint density at radius 1 is 1.05 bits per heavy atom. The van der Waals surface area contributed by atoms with Crippen LogP contribution in [-0.2, 0) is 0 Å². The summed E-state index contributed by atoms with van der Waals surface area (Å²) in [4.78, 5) is 15.1. The number of hydrogen-bond acceptors (Lipinski definition) is 6. The fourth-order valence-electron chi connectivity index (χ4n) is 7.18. The zero-order valence-corrected chi connectivity index (χ0v) is 25.2. The Morgan fingerprint density at radius 3 is 2.56 bits per heavy atom. The summed E-state index contributed by atoms with van der Waals surface area (Å²) in [6, 6.07) is 18.5. The van der Waals surface area contributed by atoms with Gasteiger partial charge in [0.15, 0.2) is 0 Å². The van der Waals surface area contributed by atoms with Gasteiger partial charge in [-0.05, 0) is 80.6 Å². The maximum Gasteiger partial charge on any atom is 0.318 e. The first-order chi connectivity index (χ1) is 19.9. The van der Waals surface area contributed by atoms with E-state index in [1.54, 1.807) is 0 Å². The Bertz CT molecular complexity index is 1580. The quantitative estimate of drug-likeness (QED) is 0.238. The molecule has 6 nitrogen and oxygen atoms in total. The Labute approximate surface area is 248 Å². The molecule has 2 atom stereocenters. The highest BCUT2D eigenvalue weighted by Gasteiger charge is 2.44. The lowest BCUT2D eigenvalue weighted by molar-refractivity contribution is 0.171. The van der Waals surface area contributed by atoms with E-state index < -0.39 is 0 Å². The molecule has 7 heteroatoms. The number of piperazine rings is 1. The minimum atomic E-state index is 0.208. The fourth-order valence-corrected chi connectivity index (χ4v) is 7.53. The highest BCUT2D eigenvalue weighted by molar-refractivity contribution is 6.35. The Kier molecular flexibility index (Phi) is 7.04. The van der Waals surface area contributed by atoms with Gasteiger partial charge in [-0.25, -0.2) is 0 Å². The molecule has 2 saturated heterocycles. The number of rotatable bonds is 9. The third-order valence-corrected chi connectivity index (χ3v) is 9.69. The summed E-state index contributed by atoms with van der Waals surface area (Å²) in [5.74, 6) is 0.950. The van der Waals surface area contributed by atoms with Crippen LogP contribution in [0.15, 0.2) is 48.5 Å². The number of anilines is 1. The monoisotopic (exact) mass is 569 g/mol. The smallest absolute Gasteiger partial charge is 0.318 e. The fraction of sp³-hybridized carbons (Fsp3) is 0.471. The summed E-state index contributed by atoms with van der Waals surface area (Å²) in [5.41, 5.74) is 4.37. The third-order valence-electron chi connectivity index (χ3n) is 9.40. The molecule has 1 N–H and O–H groups in total. The minimum absolute atomic E-state index is 0.208. The standard InChI is InChI=1S/C34H40ClN5O/c1-4-16-39(3)20-34(14-15-34)21-41-33-37-31-22(2)30(27-11-7-9-23-8-5-6-10-26(23)27)29(35)17-28(31)32(38-33)40-18-24-12-13-25(19-40)36-24/h5-11,17,24-25,36H,4,12-16,18-21H2,1-3H3. The number of hydrogen-bond donors (Lipinski definition) is 1. The second-order valence-corrected chi connectivity index (χ2v) is 13.1. The van der Waals surface area contributed by atoms with Crippen molar-refractivity contribution in [3.05, 3.63) is 59.1 Å². The van der Waals surface area contributed by atoms with E-state index >= 15 is 0 Å². The minimum Gasteiger partial charge on any atom is -0.463 e. The molecule has 3 aromatic carbocycles. The van der Waals surface area contributed by atoms with Crippen molar-refractivity contribution < 1.29 is 4.74 Å². The molecule has 214 valence electrons. The maximum atomic E-state index is 7.14. The zero-order chi connectivity index (χ0) is 28.1. The van der Waals surface area contributed by atoms with Crippen LogP contribution in [0.5, 0.6) is 6.01 Å². The van der Waals surface area contributed by atoms with Crippen LogP contribution >= 0.6 is 11.6 Å². The van der Waals surface area contributed by atoms with Crippen molar-refractivity contribution in [2.24, 2.45) is 5.41 Å². The van der Waals surface area contributed by atoms with Crippen molar-refractivity contribution in [3.8, 4) is 17.1 Å². The van der Waals surface area contributed by atoms with E-state index in [4.69, 9.17) is 26.3 Å². The largest absolute Gasteiger partial charge is 0.463 e. The molecule has 4 aromatic rings. The van der Waals surface area contributed by atoms with Gasteiger partial charge in [-0.1, -0.05) is 61.0 Å². The molecule has 1 aromatic heterocycles. The van der Waals surface area contributed by atoms with Crippen LogP contribution in [0.1, 0.15) is 44.6 Å². The van der Waals surface area contributed by atoms with E-state index in [1.165, 1.54) is 36.5 Å². The van der Waals surface area contributed by atoms with Gasteiger partial charge in [0.1, 0.15) is 5.82 Å². The molecule has 7 rings (SSSR count). The Morgan fingerprint density at radius 2 is 1.80 bits per heavy atom. The molecular formula is C34H40ClN5O. The van der Waals surface area contributed by atoms with Gasteiger partial charge in [-0.15, -0.1) is 0 Å². The molecule has 1 aliphatic carbocycles. The number of ether oxygens (including phenoxy) is 1. The second kappa shape index (κ2) is 10.7. The number of halogens is 1. The lowest BCUT2D eigenvalue weighted by atomic mass is 9.93. The molecular weight excluding hydrogens is 530 g/mol. The molecule has 0 amide bonds. The van der Waals surface area contributed by atoms with Crippen LogP contribution in [0, 0.1) is 12.3 Å². The van der Waals surface area contributed by atoms with Crippen molar-refractivity contribution in [1.82, 2.24) is 20.2 Å². The van der Waals surface area contributed by atoms with Gasteiger partial charge in [0.2, 0.25) is 0 Å². The average molecular weight is 570 g/mol. The maximum absolute atomic E-state index is 7.14. The first-order valence-electron chi connectivity index (χ1n) is 15.2. The topological polar surface area (TPSA) is 53.5 Å². The first kappa shape index (κ1) is 26.9. The molecule has 2 aliphatic heterocycles. The van der Waals surface area contributed by atoms with Crippen LogP contribution in [0.3, 0.4) is 0 Å². The van der Waals surface area contributed by atoms with Crippen LogP contribution < -0.4 is 15.0 Å². The number of aromatic nitrogens is 2. The summed E-state index contributed by atoms with van der Waals surface area (Å²) in [6.45, 7) is 9.09. The van der Waals surface area contributed by atoms with Gasteiger partial charge in [0.05, 0.1) is 12.1 Å². The van der Waals surface area contributed by atoms with E-state index in [-0.39, 0.29) is 5.41 Å². The van der Waals surface area contributed by atoms with Gasteiger partial charge < -0.3 is 19.9 Å². The van der Waals surface area contributed by atoms with Crippen LogP contribution in [0.25, 0.3) is 32.8 Å². The van der Waals surface area contributed by atoms with Gasteiger partial charge in [-0.2, -0.15) is 9.97 Å². The number of nitrogens with one attached hydrogen (secondary N) is 1.